The van der Waals surface area contributed by atoms with E-state index in [1.165, 1.54) is 12.1 Å². The number of carbonyl (C=O) groups is 1. The van der Waals surface area contributed by atoms with Crippen molar-refractivity contribution in [2.24, 2.45) is 0 Å². The zero-order valence-electron chi connectivity index (χ0n) is 73.3. The van der Waals surface area contributed by atoms with Crippen LogP contribution < -0.4 is 0 Å². The minimum Gasteiger partial charge on any atom is -0.462 e. The number of rotatable bonds is 59. The number of carbonyl (C=O) groups excluding carboxylic acids is 1. The van der Waals surface area contributed by atoms with Gasteiger partial charge in [0.05, 0.1) is 6.61 Å². The third kappa shape index (κ3) is 56.7. The summed E-state index contributed by atoms with van der Waals surface area (Å²) in [7, 11) is -47.4. The van der Waals surface area contributed by atoms with Gasteiger partial charge in [0.2, 0.25) is 0 Å². The molecule has 604 valence electrons. The Morgan fingerprint density at radius 3 is 0.663 bits per heavy atom. The molecule has 0 aromatic rings. The van der Waals surface area contributed by atoms with Gasteiger partial charge < -0.3 is 66.5 Å². The van der Waals surface area contributed by atoms with Gasteiger partial charge in [-0.3, -0.25) is 0 Å². The van der Waals surface area contributed by atoms with Crippen LogP contribution in [-0.4, -0.2) is 222 Å². The summed E-state index contributed by atoms with van der Waals surface area (Å²) in [5.74, 6) is -0.379. The maximum absolute atomic E-state index is 13.1. The van der Waals surface area contributed by atoms with Gasteiger partial charge in [-0.05, 0) is 340 Å². The standard InChI is InChI=1S/C60H166O17Si24/c1-59(2)60(61)62-41-40-48-99(72-93(28,29)53-46-82-67-91(24,25)49-42-78-63-84(3,4)5,73-94(30,31)54-47-83-68-92(26,27)50-43-79-64-85(6,7)8)76-97(36,37)56-58-101(74-95(32,33)51-44-80-65-86(9,10)11,75-96(34,35)52-45-81-66-87(12,13)14)77-98(38,39)55-57-100(69-88(15,16)17,70-89(18,19)20)71-90(21,22)23/h1,40-58,78-83H2,2-39H3. The molecule has 0 spiro atoms. The Morgan fingerprint density at radius 1 is 0.248 bits per heavy atom. The Labute approximate surface area is 658 Å². The summed E-state index contributed by atoms with van der Waals surface area (Å²) in [5, 5.41) is 0. The molecule has 0 rings (SSSR count). The molecule has 0 fully saturated rings. The molecule has 0 saturated heterocycles. The van der Waals surface area contributed by atoms with Crippen LogP contribution in [0.4, 0.5) is 0 Å². The molecule has 0 saturated carbocycles. The Kier molecular flexibility index (Phi) is 45.2. The van der Waals surface area contributed by atoms with Gasteiger partial charge in [0.1, 0.15) is 58.6 Å². The van der Waals surface area contributed by atoms with Crippen molar-refractivity contribution in [1.82, 2.24) is 0 Å². The van der Waals surface area contributed by atoms with Crippen molar-refractivity contribution in [3.8, 4) is 0 Å². The topological polar surface area (TPSA) is 165 Å². The number of hydrogen-bond donors (Lipinski definition) is 0. The molecular weight excluding hydrogens is 1670 g/mol. The fourth-order valence-electron chi connectivity index (χ4n) is 11.7. The van der Waals surface area contributed by atoms with Crippen molar-refractivity contribution in [2.75, 3.05) is 6.61 Å². The Morgan fingerprint density at radius 2 is 0.446 bits per heavy atom. The molecule has 0 amide bonds. The molecule has 41 heteroatoms. The molecule has 0 aliphatic heterocycles. The van der Waals surface area contributed by atoms with E-state index < -0.39 is 210 Å². The van der Waals surface area contributed by atoms with E-state index >= 15 is 0 Å². The first-order valence-electron chi connectivity index (χ1n) is 38.8. The van der Waals surface area contributed by atoms with Crippen LogP contribution in [0.15, 0.2) is 12.2 Å². The van der Waals surface area contributed by atoms with E-state index in [4.69, 9.17) is 66.5 Å². The molecule has 17 nitrogen and oxygen atoms in total. The second-order valence-electron chi connectivity index (χ2n) is 40.6. The Bertz CT molecular complexity index is 2250. The highest BCUT2D eigenvalue weighted by molar-refractivity contribution is 6.95. The molecule has 0 aliphatic rings. The SMILES string of the molecule is C=C(C)C(=O)OCCC[Si](O[Si](C)(C)CC[SiH2]O[Si](C)(C)CC[SiH2]O[Si](C)(C)C)(O[Si](C)(C)CC[SiH2]O[Si](C)(C)CC[SiH2]O[Si](C)(C)C)O[Si](C)(C)CC[Si](O[Si](C)(C)CC[SiH2]O[Si](C)(C)C)(O[Si](C)(C)CC[SiH2]O[Si](C)(C)C)O[Si](C)(C)CC[Si](O[Si](C)(C)C)(O[Si](C)(C)C)O[Si](C)(C)C. The molecule has 0 N–H and O–H groups in total. The average molecular weight is 1830 g/mol. The van der Waals surface area contributed by atoms with Crippen LogP contribution in [0.2, 0.25) is 345 Å². The lowest BCUT2D eigenvalue weighted by atomic mass is 10.4. The zero-order valence-corrected chi connectivity index (χ0v) is 99.8. The van der Waals surface area contributed by atoms with Crippen molar-refractivity contribution >= 4 is 216 Å². The van der Waals surface area contributed by atoms with Crippen LogP contribution in [-0.2, 0) is 71.3 Å². The van der Waals surface area contributed by atoms with Gasteiger partial charge in [-0.2, -0.15) is 0 Å². The number of esters is 1. The molecule has 0 bridgehead atoms. The fraction of sp³-hybridized carbons (Fsp3) is 0.950. The van der Waals surface area contributed by atoms with Gasteiger partial charge in [0.15, 0.2) is 125 Å². The highest BCUT2D eigenvalue weighted by Gasteiger charge is 2.58. The van der Waals surface area contributed by atoms with E-state index in [9.17, 15) is 4.79 Å². The molecule has 0 aromatic heterocycles. The lowest BCUT2D eigenvalue weighted by molar-refractivity contribution is -0.139. The number of hydrogen-bond acceptors (Lipinski definition) is 17. The molecular formula is C60H166O17Si24. The second-order valence-corrected chi connectivity index (χ2v) is 129. The van der Waals surface area contributed by atoms with Gasteiger partial charge in [0, 0.05) is 23.7 Å². The summed E-state index contributed by atoms with van der Waals surface area (Å²) in [6, 6.07) is 16.1. The quantitative estimate of drug-likeness (QED) is 0.0244. The van der Waals surface area contributed by atoms with Gasteiger partial charge in [0.25, 0.3) is 0 Å². The van der Waals surface area contributed by atoms with Crippen LogP contribution >= 0.6 is 0 Å². The maximum Gasteiger partial charge on any atom is 0.469 e. The predicted molar refractivity (Wildman–Crippen MR) is 500 cm³/mol. The van der Waals surface area contributed by atoms with E-state index in [0.29, 0.717) is 30.1 Å². The van der Waals surface area contributed by atoms with Crippen LogP contribution in [0.1, 0.15) is 13.3 Å². The minimum absolute atomic E-state index is 0.225. The van der Waals surface area contributed by atoms with E-state index in [1.807, 2.05) is 0 Å². The first-order valence-corrected chi connectivity index (χ1v) is 103. The van der Waals surface area contributed by atoms with Gasteiger partial charge >= 0.3 is 32.4 Å². The molecule has 101 heavy (non-hydrogen) atoms. The van der Waals surface area contributed by atoms with Crippen molar-refractivity contribution in [2.45, 2.75) is 358 Å². The summed E-state index contributed by atoms with van der Waals surface area (Å²) in [6.45, 7) is 92.4. The third-order valence-corrected chi connectivity index (χ3v) is 96.8. The lowest BCUT2D eigenvalue weighted by Gasteiger charge is -2.48. The van der Waals surface area contributed by atoms with E-state index in [0.717, 1.165) is 72.5 Å². The second kappa shape index (κ2) is 43.5. The number of ether oxygens (including phenoxy) is 1. The molecule has 0 unspecified atom stereocenters. The summed E-state index contributed by atoms with van der Waals surface area (Å²) in [6.07, 6.45) is 0.549. The van der Waals surface area contributed by atoms with Gasteiger partial charge in [-0.25, -0.2) is 4.79 Å². The van der Waals surface area contributed by atoms with Crippen molar-refractivity contribution in [1.29, 1.82) is 0 Å². The fourth-order valence-corrected chi connectivity index (χ4v) is 105. The monoisotopic (exact) mass is 1830 g/mol. The van der Waals surface area contributed by atoms with Crippen molar-refractivity contribution < 1.29 is 71.3 Å². The van der Waals surface area contributed by atoms with Crippen LogP contribution in [0.3, 0.4) is 0 Å². The first-order chi connectivity index (χ1) is 44.8. The highest BCUT2D eigenvalue weighted by atomic mass is 28.5. The first kappa shape index (κ1) is 105. The third-order valence-electron chi connectivity index (χ3n) is 15.9. The van der Waals surface area contributed by atoms with Crippen LogP contribution in [0.25, 0.3) is 0 Å². The lowest BCUT2D eigenvalue weighted by Crippen LogP contribution is -2.64. The summed E-state index contributed by atoms with van der Waals surface area (Å²) >= 11 is 0. The largest absolute Gasteiger partial charge is 0.469 e. The average Bonchev–Trinajstić information content (AvgIpc) is 0.786. The molecule has 0 heterocycles. The summed E-state index contributed by atoms with van der Waals surface area (Å²) in [4.78, 5) is 13.1. The molecule has 0 radical (unpaired) electrons. The molecule has 0 aromatic carbocycles. The Hall–Kier alpha value is 3.82. The van der Waals surface area contributed by atoms with E-state index in [2.05, 4.69) is 249 Å². The normalized spacial score (nSPS) is 16.6. The van der Waals surface area contributed by atoms with Gasteiger partial charge in [-0.1, -0.05) is 6.58 Å². The zero-order chi connectivity index (χ0) is 79.1. The van der Waals surface area contributed by atoms with Crippen molar-refractivity contribution in [3.63, 3.8) is 0 Å². The maximum atomic E-state index is 13.1. The van der Waals surface area contributed by atoms with E-state index in [-0.39, 0.29) is 12.6 Å². The van der Waals surface area contributed by atoms with E-state index in [1.54, 1.807) is 6.92 Å². The Balaban J connectivity index is 8.62. The van der Waals surface area contributed by atoms with Gasteiger partial charge in [-0.15, -0.1) is 0 Å². The van der Waals surface area contributed by atoms with Crippen LogP contribution in [0, 0.1) is 0 Å². The van der Waals surface area contributed by atoms with Crippen LogP contribution in [0.5, 0.6) is 0 Å². The van der Waals surface area contributed by atoms with Crippen molar-refractivity contribution in [3.05, 3.63) is 12.2 Å². The highest BCUT2D eigenvalue weighted by Crippen LogP contribution is 2.41. The summed E-state index contributed by atoms with van der Waals surface area (Å²) in [5.41, 5.74) is 0.389. The predicted octanol–water partition coefficient (Wildman–Crippen LogP) is 17.1. The summed E-state index contributed by atoms with van der Waals surface area (Å²) < 4.78 is 117. The molecule has 0 aliphatic carbocycles. The molecule has 0 atom stereocenters. The smallest absolute Gasteiger partial charge is 0.462 e. The minimum atomic E-state index is -3.69.